The van der Waals surface area contributed by atoms with Crippen molar-refractivity contribution in [2.45, 2.75) is 58.1 Å². The topological polar surface area (TPSA) is 128 Å². The molecule has 3 aromatic rings. The molecule has 1 atom stereocenters. The van der Waals surface area contributed by atoms with Crippen LogP contribution in [0.15, 0.2) is 48.9 Å². The minimum atomic E-state index is -0.518. The second-order valence-corrected chi connectivity index (χ2v) is 10.2. The molecule has 0 spiro atoms. The number of benzene rings is 1. The number of nitrogens with zero attached hydrogens (tertiary/aromatic N) is 5. The Kier molecular flexibility index (Phi) is 7.23. The molecule has 4 rings (SSSR count). The summed E-state index contributed by atoms with van der Waals surface area (Å²) in [5.41, 5.74) is 8.57. The smallest absolute Gasteiger partial charge is 0.410 e. The number of likely N-dealkylation sites (tertiary alicyclic amines) is 1. The second kappa shape index (κ2) is 10.3. The summed E-state index contributed by atoms with van der Waals surface area (Å²) in [5, 5.41) is 7.64. The number of aromatic nitrogens is 4. The van der Waals surface area contributed by atoms with E-state index in [0.717, 1.165) is 22.5 Å². The molecule has 10 nitrogen and oxygen atoms in total. The molecule has 0 radical (unpaired) electrons. The van der Waals surface area contributed by atoms with Crippen LogP contribution in [0.2, 0.25) is 0 Å². The van der Waals surface area contributed by atoms with E-state index in [4.69, 9.17) is 15.5 Å². The lowest BCUT2D eigenvalue weighted by Gasteiger charge is -2.39. The van der Waals surface area contributed by atoms with Gasteiger partial charge in [0.2, 0.25) is 11.9 Å². The summed E-state index contributed by atoms with van der Waals surface area (Å²) in [6, 6.07) is 10.0. The Labute approximate surface area is 210 Å². The highest BCUT2D eigenvalue weighted by Crippen LogP contribution is 2.28. The number of nitrogens with one attached hydrogen (secondary N) is 1. The number of rotatable bonds is 8. The molecule has 36 heavy (non-hydrogen) atoms. The Morgan fingerprint density at radius 2 is 1.92 bits per heavy atom. The average molecular weight is 492 g/mol. The Bertz CT molecular complexity index is 1210. The number of hydrogen-bond acceptors (Lipinski definition) is 7. The van der Waals surface area contributed by atoms with Gasteiger partial charge in [0, 0.05) is 37.8 Å². The summed E-state index contributed by atoms with van der Waals surface area (Å²) in [5.74, 6) is -0.114. The molecular weight excluding hydrogens is 458 g/mol. The Hall–Kier alpha value is -3.95. The quantitative estimate of drug-likeness (QED) is 0.491. The minimum Gasteiger partial charge on any atom is -0.444 e. The fourth-order valence-corrected chi connectivity index (χ4v) is 4.17. The van der Waals surface area contributed by atoms with Crippen molar-refractivity contribution in [3.05, 3.63) is 65.7 Å². The maximum atomic E-state index is 12.2. The van der Waals surface area contributed by atoms with Crippen molar-refractivity contribution in [3.63, 3.8) is 0 Å². The molecule has 2 amide bonds. The van der Waals surface area contributed by atoms with Gasteiger partial charge in [0.15, 0.2) is 0 Å². The van der Waals surface area contributed by atoms with E-state index in [9.17, 15) is 9.59 Å². The standard InChI is InChI=1S/C26H33N7O3/c1-17-12-28-24(31-23(17)19(11-22(27)34)10-18-8-6-5-7-9-18)30-20-13-29-33(14-20)21-15-32(16-21)25(35)36-26(2,3)4/h5-9,12-14,19,21H,10-11,15-16H2,1-4H3,(H2,27,34)(H,28,30,31). The number of anilines is 2. The first kappa shape index (κ1) is 25.2. The van der Waals surface area contributed by atoms with Crippen molar-refractivity contribution in [2.24, 2.45) is 5.73 Å². The van der Waals surface area contributed by atoms with Gasteiger partial charge < -0.3 is 20.7 Å². The van der Waals surface area contributed by atoms with E-state index in [2.05, 4.69) is 15.4 Å². The predicted molar refractivity (Wildman–Crippen MR) is 136 cm³/mol. The lowest BCUT2D eigenvalue weighted by atomic mass is 9.90. The summed E-state index contributed by atoms with van der Waals surface area (Å²) in [7, 11) is 0. The van der Waals surface area contributed by atoms with Crippen LogP contribution < -0.4 is 11.1 Å². The van der Waals surface area contributed by atoms with E-state index in [1.54, 1.807) is 17.3 Å². The Balaban J connectivity index is 1.43. The van der Waals surface area contributed by atoms with Crippen molar-refractivity contribution in [1.82, 2.24) is 24.6 Å². The summed E-state index contributed by atoms with van der Waals surface area (Å²) in [6.45, 7) is 8.56. The fraction of sp³-hybridized carbons (Fsp3) is 0.423. The van der Waals surface area contributed by atoms with Gasteiger partial charge in [-0.15, -0.1) is 0 Å². The molecule has 1 aliphatic rings. The van der Waals surface area contributed by atoms with Crippen LogP contribution in [0.1, 0.15) is 56.0 Å². The van der Waals surface area contributed by atoms with Crippen molar-refractivity contribution in [1.29, 1.82) is 0 Å². The van der Waals surface area contributed by atoms with E-state index in [1.807, 2.05) is 68.9 Å². The largest absolute Gasteiger partial charge is 0.444 e. The molecule has 1 fully saturated rings. The molecule has 2 aromatic heterocycles. The van der Waals surface area contributed by atoms with Gasteiger partial charge in [0.1, 0.15) is 5.60 Å². The fourth-order valence-electron chi connectivity index (χ4n) is 4.17. The van der Waals surface area contributed by atoms with Crippen LogP contribution in [0.25, 0.3) is 0 Å². The number of hydrogen-bond donors (Lipinski definition) is 2. The van der Waals surface area contributed by atoms with Gasteiger partial charge in [0.25, 0.3) is 0 Å². The Morgan fingerprint density at radius 3 is 2.58 bits per heavy atom. The first-order valence-corrected chi connectivity index (χ1v) is 12.0. The van der Waals surface area contributed by atoms with Crippen LogP contribution in [0, 0.1) is 6.92 Å². The summed E-state index contributed by atoms with van der Waals surface area (Å²) in [4.78, 5) is 34.8. The molecule has 0 saturated carbocycles. The van der Waals surface area contributed by atoms with Crippen LogP contribution >= 0.6 is 0 Å². The zero-order chi connectivity index (χ0) is 25.9. The summed E-state index contributed by atoms with van der Waals surface area (Å²) < 4.78 is 7.23. The SMILES string of the molecule is Cc1cnc(Nc2cnn(C3CN(C(=O)OC(C)(C)C)C3)c2)nc1C(CC(N)=O)Cc1ccccc1. The molecule has 3 heterocycles. The highest BCUT2D eigenvalue weighted by molar-refractivity contribution is 5.75. The molecule has 1 saturated heterocycles. The molecular formula is C26H33N7O3. The lowest BCUT2D eigenvalue weighted by molar-refractivity contribution is -0.118. The minimum absolute atomic E-state index is 0.0772. The number of aryl methyl sites for hydroxylation is 1. The molecule has 1 unspecified atom stereocenters. The molecule has 1 aliphatic heterocycles. The van der Waals surface area contributed by atoms with E-state index in [1.165, 1.54) is 0 Å². The second-order valence-electron chi connectivity index (χ2n) is 10.2. The van der Waals surface area contributed by atoms with Crippen LogP contribution in [0.5, 0.6) is 0 Å². The highest BCUT2D eigenvalue weighted by Gasteiger charge is 2.35. The zero-order valence-corrected chi connectivity index (χ0v) is 21.1. The summed E-state index contributed by atoms with van der Waals surface area (Å²) >= 11 is 0. The van der Waals surface area contributed by atoms with Crippen molar-refractivity contribution in [2.75, 3.05) is 18.4 Å². The van der Waals surface area contributed by atoms with Gasteiger partial charge in [0.05, 0.1) is 23.6 Å². The van der Waals surface area contributed by atoms with Crippen LogP contribution in [-0.2, 0) is 16.0 Å². The molecule has 190 valence electrons. The highest BCUT2D eigenvalue weighted by atomic mass is 16.6. The zero-order valence-electron chi connectivity index (χ0n) is 21.1. The van der Waals surface area contributed by atoms with Crippen LogP contribution in [0.3, 0.4) is 0 Å². The van der Waals surface area contributed by atoms with Crippen LogP contribution in [-0.4, -0.2) is 55.3 Å². The number of primary amides is 1. The maximum Gasteiger partial charge on any atom is 0.410 e. The van der Waals surface area contributed by atoms with Gasteiger partial charge in [-0.1, -0.05) is 30.3 Å². The van der Waals surface area contributed by atoms with Crippen molar-refractivity contribution in [3.8, 4) is 0 Å². The third-order valence-electron chi connectivity index (χ3n) is 5.92. The van der Waals surface area contributed by atoms with E-state index in [-0.39, 0.29) is 30.4 Å². The third kappa shape index (κ3) is 6.38. The summed E-state index contributed by atoms with van der Waals surface area (Å²) in [6.07, 6.45) is 5.84. The van der Waals surface area contributed by atoms with E-state index in [0.29, 0.717) is 25.5 Å². The Morgan fingerprint density at radius 1 is 1.19 bits per heavy atom. The van der Waals surface area contributed by atoms with E-state index >= 15 is 0 Å². The molecule has 3 N–H and O–H groups in total. The van der Waals surface area contributed by atoms with Gasteiger partial charge in [-0.2, -0.15) is 5.10 Å². The normalized spacial score (nSPS) is 14.7. The number of nitrogens with two attached hydrogens (primary N) is 1. The average Bonchev–Trinajstić information content (AvgIpc) is 3.20. The van der Waals surface area contributed by atoms with Gasteiger partial charge in [-0.25, -0.2) is 14.8 Å². The molecule has 1 aromatic carbocycles. The maximum absolute atomic E-state index is 12.2. The van der Waals surface area contributed by atoms with Crippen molar-refractivity contribution >= 4 is 23.6 Å². The van der Waals surface area contributed by atoms with Crippen molar-refractivity contribution < 1.29 is 14.3 Å². The molecule has 0 aliphatic carbocycles. The van der Waals surface area contributed by atoms with Gasteiger partial charge in [-0.05, 0) is 45.2 Å². The number of amides is 2. The van der Waals surface area contributed by atoms with E-state index < -0.39 is 5.60 Å². The predicted octanol–water partition coefficient (Wildman–Crippen LogP) is 3.72. The first-order chi connectivity index (χ1) is 17.1. The number of ether oxygens (including phenoxy) is 1. The molecule has 0 bridgehead atoms. The molecule has 10 heteroatoms. The first-order valence-electron chi connectivity index (χ1n) is 12.0. The monoisotopic (exact) mass is 491 g/mol. The van der Waals surface area contributed by atoms with Crippen LogP contribution in [0.4, 0.5) is 16.4 Å². The van der Waals surface area contributed by atoms with Gasteiger partial charge in [-0.3, -0.25) is 9.48 Å². The third-order valence-corrected chi connectivity index (χ3v) is 5.92. The number of carbonyl (C=O) groups excluding carboxylic acids is 2. The lowest BCUT2D eigenvalue weighted by Crippen LogP contribution is -2.52. The number of carbonyl (C=O) groups is 2. The van der Waals surface area contributed by atoms with Gasteiger partial charge >= 0.3 is 6.09 Å².